The van der Waals surface area contributed by atoms with Gasteiger partial charge in [0.25, 0.3) is 5.91 Å². The monoisotopic (exact) mass is 347 g/mol. The average Bonchev–Trinajstić information content (AvgIpc) is 2.62. The van der Waals surface area contributed by atoms with Crippen LogP contribution in [0.15, 0.2) is 42.9 Å². The number of nitrogens with one attached hydrogen (secondary N) is 1. The standard InChI is InChI=1S/C17H18ClN3O3/c18-14-9-19-7-4-13(14)17(22)21-15-5-8-23-11-16(15)24-10-12-3-1-2-6-20-12/h1-4,6-7,9,15-16H,5,8,10-11H2,(H,21,22)/t15-,16-/m1/s1. The fourth-order valence-corrected chi connectivity index (χ4v) is 2.73. The highest BCUT2D eigenvalue weighted by Crippen LogP contribution is 2.17. The molecule has 7 heteroatoms. The number of carbonyl (C=O) groups is 1. The van der Waals surface area contributed by atoms with Crippen LogP contribution in [0.5, 0.6) is 0 Å². The van der Waals surface area contributed by atoms with Gasteiger partial charge in [0.1, 0.15) is 6.10 Å². The van der Waals surface area contributed by atoms with Gasteiger partial charge in [-0.05, 0) is 24.6 Å². The molecule has 1 saturated heterocycles. The topological polar surface area (TPSA) is 73.3 Å². The molecular weight excluding hydrogens is 330 g/mol. The van der Waals surface area contributed by atoms with E-state index in [1.54, 1.807) is 18.5 Å². The van der Waals surface area contributed by atoms with Crippen LogP contribution in [-0.4, -0.2) is 41.2 Å². The third-order valence-corrected chi connectivity index (χ3v) is 4.11. The van der Waals surface area contributed by atoms with Crippen molar-refractivity contribution in [2.75, 3.05) is 13.2 Å². The predicted molar refractivity (Wildman–Crippen MR) is 88.8 cm³/mol. The zero-order valence-corrected chi connectivity index (χ0v) is 13.8. The Balaban J connectivity index is 1.62. The Labute approximate surface area is 145 Å². The molecule has 1 aliphatic heterocycles. The largest absolute Gasteiger partial charge is 0.379 e. The maximum atomic E-state index is 12.4. The number of ether oxygens (including phenoxy) is 2. The summed E-state index contributed by atoms with van der Waals surface area (Å²) in [6.07, 6.45) is 5.17. The Bertz CT molecular complexity index is 684. The van der Waals surface area contributed by atoms with Crippen LogP contribution in [0.25, 0.3) is 0 Å². The van der Waals surface area contributed by atoms with Gasteiger partial charge in [0, 0.05) is 25.2 Å². The minimum absolute atomic E-state index is 0.140. The molecule has 0 unspecified atom stereocenters. The molecule has 24 heavy (non-hydrogen) atoms. The molecule has 126 valence electrons. The molecule has 0 spiro atoms. The molecule has 2 aromatic rings. The van der Waals surface area contributed by atoms with Crippen LogP contribution in [0.1, 0.15) is 22.5 Å². The minimum Gasteiger partial charge on any atom is -0.379 e. The van der Waals surface area contributed by atoms with Crippen LogP contribution in [0.4, 0.5) is 0 Å². The Hall–Kier alpha value is -2.02. The Morgan fingerprint density at radius 3 is 3.08 bits per heavy atom. The summed E-state index contributed by atoms with van der Waals surface area (Å²) in [6, 6.07) is 7.12. The molecule has 0 saturated carbocycles. The van der Waals surface area contributed by atoms with Gasteiger partial charge in [0.15, 0.2) is 0 Å². The maximum absolute atomic E-state index is 12.4. The van der Waals surface area contributed by atoms with Crippen LogP contribution in [0.3, 0.4) is 0 Å². The Morgan fingerprint density at radius 2 is 2.29 bits per heavy atom. The molecule has 1 amide bonds. The van der Waals surface area contributed by atoms with E-state index in [1.807, 2.05) is 18.2 Å². The maximum Gasteiger partial charge on any atom is 0.253 e. The summed E-state index contributed by atoms with van der Waals surface area (Å²) in [5, 5.41) is 3.31. The third kappa shape index (κ3) is 4.29. The molecule has 3 rings (SSSR count). The quantitative estimate of drug-likeness (QED) is 0.898. The zero-order chi connectivity index (χ0) is 16.8. The zero-order valence-electron chi connectivity index (χ0n) is 13.0. The van der Waals surface area contributed by atoms with Crippen molar-refractivity contribution in [3.63, 3.8) is 0 Å². The second kappa shape index (κ2) is 8.19. The lowest BCUT2D eigenvalue weighted by molar-refractivity contribution is -0.0743. The van der Waals surface area contributed by atoms with E-state index >= 15 is 0 Å². The van der Waals surface area contributed by atoms with E-state index in [4.69, 9.17) is 21.1 Å². The summed E-state index contributed by atoms with van der Waals surface area (Å²) in [5.74, 6) is -0.235. The smallest absolute Gasteiger partial charge is 0.253 e. The SMILES string of the molecule is O=C(N[C@@H]1CCOC[C@H]1OCc1ccccn1)c1ccncc1Cl. The van der Waals surface area contributed by atoms with Crippen molar-refractivity contribution in [3.05, 3.63) is 59.1 Å². The van der Waals surface area contributed by atoms with Crippen molar-refractivity contribution in [3.8, 4) is 0 Å². The first-order valence-electron chi connectivity index (χ1n) is 7.73. The summed E-state index contributed by atoms with van der Waals surface area (Å²) in [6.45, 7) is 1.39. The van der Waals surface area contributed by atoms with Gasteiger partial charge >= 0.3 is 0 Å². The molecule has 1 N–H and O–H groups in total. The van der Waals surface area contributed by atoms with Gasteiger partial charge in [-0.25, -0.2) is 0 Å². The van der Waals surface area contributed by atoms with Gasteiger partial charge in [0.2, 0.25) is 0 Å². The number of rotatable bonds is 5. The number of amides is 1. The number of halogens is 1. The van der Waals surface area contributed by atoms with Gasteiger partial charge in [-0.2, -0.15) is 0 Å². The Morgan fingerprint density at radius 1 is 1.38 bits per heavy atom. The number of aromatic nitrogens is 2. The molecular formula is C17H18ClN3O3. The van der Waals surface area contributed by atoms with E-state index in [0.717, 1.165) is 5.69 Å². The molecule has 3 heterocycles. The minimum atomic E-state index is -0.235. The molecule has 2 aromatic heterocycles. The van der Waals surface area contributed by atoms with E-state index in [-0.39, 0.29) is 18.1 Å². The fourth-order valence-electron chi connectivity index (χ4n) is 2.52. The fraction of sp³-hybridized carbons (Fsp3) is 0.353. The lowest BCUT2D eigenvalue weighted by atomic mass is 10.1. The number of pyridine rings is 2. The second-order valence-electron chi connectivity index (χ2n) is 5.47. The van der Waals surface area contributed by atoms with Gasteiger partial charge < -0.3 is 14.8 Å². The third-order valence-electron chi connectivity index (χ3n) is 3.81. The average molecular weight is 348 g/mol. The second-order valence-corrected chi connectivity index (χ2v) is 5.88. The van der Waals surface area contributed by atoms with Crippen LogP contribution in [0.2, 0.25) is 5.02 Å². The van der Waals surface area contributed by atoms with Crippen LogP contribution >= 0.6 is 11.6 Å². The first-order chi connectivity index (χ1) is 11.7. The van der Waals surface area contributed by atoms with Crippen molar-refractivity contribution in [2.45, 2.75) is 25.2 Å². The summed E-state index contributed by atoms with van der Waals surface area (Å²) < 4.78 is 11.4. The van der Waals surface area contributed by atoms with Gasteiger partial charge in [-0.3, -0.25) is 14.8 Å². The molecule has 6 nitrogen and oxygen atoms in total. The normalized spacial score (nSPS) is 20.5. The number of hydrogen-bond acceptors (Lipinski definition) is 5. The molecule has 2 atom stereocenters. The number of carbonyl (C=O) groups excluding carboxylic acids is 1. The number of hydrogen-bond donors (Lipinski definition) is 1. The van der Waals surface area contributed by atoms with Crippen molar-refractivity contribution >= 4 is 17.5 Å². The van der Waals surface area contributed by atoms with Crippen molar-refractivity contribution in [2.24, 2.45) is 0 Å². The van der Waals surface area contributed by atoms with E-state index < -0.39 is 0 Å². The van der Waals surface area contributed by atoms with Crippen molar-refractivity contribution in [1.29, 1.82) is 0 Å². The molecule has 0 bridgehead atoms. The van der Waals surface area contributed by atoms with Crippen LogP contribution < -0.4 is 5.32 Å². The molecule has 1 aliphatic rings. The van der Waals surface area contributed by atoms with E-state index in [0.29, 0.717) is 36.8 Å². The predicted octanol–water partition coefficient (Wildman–Crippen LogP) is 2.23. The van der Waals surface area contributed by atoms with E-state index in [2.05, 4.69) is 15.3 Å². The van der Waals surface area contributed by atoms with Crippen molar-refractivity contribution < 1.29 is 14.3 Å². The van der Waals surface area contributed by atoms with E-state index in [1.165, 1.54) is 6.20 Å². The summed E-state index contributed by atoms with van der Waals surface area (Å²) in [4.78, 5) is 20.5. The van der Waals surface area contributed by atoms with E-state index in [9.17, 15) is 4.79 Å². The Kier molecular flexibility index (Phi) is 5.74. The first-order valence-corrected chi connectivity index (χ1v) is 8.11. The highest BCUT2D eigenvalue weighted by Gasteiger charge is 2.28. The lowest BCUT2D eigenvalue weighted by Crippen LogP contribution is -2.50. The summed E-state index contributed by atoms with van der Waals surface area (Å²) in [7, 11) is 0. The van der Waals surface area contributed by atoms with Gasteiger partial charge in [0.05, 0.1) is 35.5 Å². The summed E-state index contributed by atoms with van der Waals surface area (Å²) >= 11 is 6.03. The molecule has 1 fully saturated rings. The molecule has 0 radical (unpaired) electrons. The van der Waals surface area contributed by atoms with Crippen LogP contribution in [0, 0.1) is 0 Å². The summed E-state index contributed by atoms with van der Waals surface area (Å²) in [5.41, 5.74) is 1.24. The van der Waals surface area contributed by atoms with Gasteiger partial charge in [-0.1, -0.05) is 17.7 Å². The van der Waals surface area contributed by atoms with Crippen molar-refractivity contribution in [1.82, 2.24) is 15.3 Å². The first kappa shape index (κ1) is 16.8. The highest BCUT2D eigenvalue weighted by atomic mass is 35.5. The van der Waals surface area contributed by atoms with Gasteiger partial charge in [-0.15, -0.1) is 0 Å². The van der Waals surface area contributed by atoms with Crippen LogP contribution in [-0.2, 0) is 16.1 Å². The lowest BCUT2D eigenvalue weighted by Gasteiger charge is -2.32. The molecule has 0 aliphatic carbocycles. The molecule has 0 aromatic carbocycles. The number of nitrogens with zero attached hydrogens (tertiary/aromatic N) is 2. The highest BCUT2D eigenvalue weighted by molar-refractivity contribution is 6.33.